The number of sulfonamides is 1. The van der Waals surface area contributed by atoms with Gasteiger partial charge in [0.1, 0.15) is 12.6 Å². The lowest BCUT2D eigenvalue weighted by Gasteiger charge is -2.33. The molecule has 40 heavy (non-hydrogen) atoms. The molecule has 214 valence electrons. The molecule has 0 saturated carbocycles. The zero-order valence-corrected chi connectivity index (χ0v) is 26.1. The Morgan fingerprint density at radius 3 is 2.10 bits per heavy atom. The second-order valence-electron chi connectivity index (χ2n) is 10.8. The van der Waals surface area contributed by atoms with Crippen LogP contribution in [0.25, 0.3) is 0 Å². The molecule has 0 aliphatic heterocycles. The van der Waals surface area contributed by atoms with Crippen LogP contribution in [-0.2, 0) is 38.0 Å². The molecule has 2 amide bonds. The van der Waals surface area contributed by atoms with Crippen LogP contribution in [0.2, 0.25) is 0 Å². The van der Waals surface area contributed by atoms with Gasteiger partial charge in [-0.1, -0.05) is 91.3 Å². The molecular weight excluding hydrogens is 590 g/mol. The Bertz CT molecular complexity index is 1400. The second-order valence-corrected chi connectivity index (χ2v) is 13.6. The van der Waals surface area contributed by atoms with E-state index < -0.39 is 28.5 Å². The summed E-state index contributed by atoms with van der Waals surface area (Å²) in [7, 11) is -3.81. The molecule has 0 aliphatic rings. The van der Waals surface area contributed by atoms with Crippen molar-refractivity contribution in [1.82, 2.24) is 10.2 Å². The van der Waals surface area contributed by atoms with Crippen molar-refractivity contribution >= 4 is 43.5 Å². The smallest absolute Gasteiger partial charge is 0.244 e. The minimum absolute atomic E-state index is 0.109. The molecule has 0 fully saturated rings. The van der Waals surface area contributed by atoms with Crippen molar-refractivity contribution in [2.45, 2.75) is 52.1 Å². The number of likely N-dealkylation sites (N-methyl/N-ethyl adjacent to an activating group) is 1. The molecule has 0 spiro atoms. The maximum absolute atomic E-state index is 14.1. The van der Waals surface area contributed by atoms with Gasteiger partial charge in [0.25, 0.3) is 0 Å². The zero-order valence-electron chi connectivity index (χ0n) is 23.7. The number of nitrogens with zero attached hydrogens (tertiary/aromatic N) is 2. The Labute approximate surface area is 246 Å². The number of halogens is 1. The molecule has 0 saturated heterocycles. The van der Waals surface area contributed by atoms with Gasteiger partial charge < -0.3 is 10.2 Å². The van der Waals surface area contributed by atoms with Crippen LogP contribution in [0.5, 0.6) is 0 Å². The first-order chi connectivity index (χ1) is 18.8. The van der Waals surface area contributed by atoms with Crippen molar-refractivity contribution in [2.24, 2.45) is 0 Å². The molecule has 7 nitrogen and oxygen atoms in total. The summed E-state index contributed by atoms with van der Waals surface area (Å²) in [4.78, 5) is 28.9. The Kier molecular flexibility index (Phi) is 10.6. The number of carbonyl (C=O) groups excluding carboxylic acids is 2. The third-order valence-electron chi connectivity index (χ3n) is 6.56. The summed E-state index contributed by atoms with van der Waals surface area (Å²) >= 11 is 3.48. The fraction of sp³-hybridized carbons (Fsp3) is 0.355. The van der Waals surface area contributed by atoms with Gasteiger partial charge in [0.2, 0.25) is 21.8 Å². The normalized spacial score (nSPS) is 12.4. The average Bonchev–Trinajstić information content (AvgIpc) is 2.89. The van der Waals surface area contributed by atoms with E-state index in [2.05, 4.69) is 42.0 Å². The van der Waals surface area contributed by atoms with E-state index in [-0.39, 0.29) is 24.3 Å². The molecule has 1 unspecified atom stereocenters. The topological polar surface area (TPSA) is 86.8 Å². The number of amides is 2. The summed E-state index contributed by atoms with van der Waals surface area (Å²) in [6.45, 7) is 8.15. The van der Waals surface area contributed by atoms with Crippen LogP contribution < -0.4 is 9.62 Å². The quantitative estimate of drug-likeness (QED) is 0.313. The van der Waals surface area contributed by atoms with E-state index in [0.29, 0.717) is 12.2 Å². The fourth-order valence-electron chi connectivity index (χ4n) is 4.42. The van der Waals surface area contributed by atoms with E-state index in [9.17, 15) is 18.0 Å². The molecule has 3 aromatic carbocycles. The highest BCUT2D eigenvalue weighted by molar-refractivity contribution is 9.10. The highest BCUT2D eigenvalue weighted by Gasteiger charge is 2.33. The monoisotopic (exact) mass is 627 g/mol. The first-order valence-electron chi connectivity index (χ1n) is 13.2. The number of rotatable bonds is 11. The first-order valence-corrected chi connectivity index (χ1v) is 15.9. The number of anilines is 1. The van der Waals surface area contributed by atoms with Crippen LogP contribution in [-0.4, -0.2) is 50.5 Å². The van der Waals surface area contributed by atoms with Gasteiger partial charge in [-0.05, 0) is 53.3 Å². The Morgan fingerprint density at radius 1 is 0.925 bits per heavy atom. The molecule has 9 heteroatoms. The van der Waals surface area contributed by atoms with E-state index in [0.717, 1.165) is 31.7 Å². The SMILES string of the molecule is CCNC(=O)C(Cc1ccccc1)N(Cc1cccc(Br)c1)C(=O)CN(c1ccc(C(C)(C)C)cc1)S(C)(=O)=O. The number of benzene rings is 3. The van der Waals surface area contributed by atoms with Crippen LogP contribution in [0.4, 0.5) is 5.69 Å². The third kappa shape index (κ3) is 8.66. The summed E-state index contributed by atoms with van der Waals surface area (Å²) in [5, 5.41) is 2.86. The van der Waals surface area contributed by atoms with Gasteiger partial charge in [0.05, 0.1) is 11.9 Å². The van der Waals surface area contributed by atoms with E-state index in [1.807, 2.05) is 73.7 Å². The van der Waals surface area contributed by atoms with Crippen molar-refractivity contribution in [1.29, 1.82) is 0 Å². The van der Waals surface area contributed by atoms with Crippen LogP contribution in [0.15, 0.2) is 83.3 Å². The maximum atomic E-state index is 14.1. The van der Waals surface area contributed by atoms with Gasteiger partial charge >= 0.3 is 0 Å². The summed E-state index contributed by atoms with van der Waals surface area (Å²) in [5.74, 6) is -0.771. The lowest BCUT2D eigenvalue weighted by molar-refractivity contribution is -0.140. The van der Waals surface area contributed by atoms with Crippen LogP contribution >= 0.6 is 15.9 Å². The van der Waals surface area contributed by atoms with Crippen molar-refractivity contribution in [3.05, 3.63) is 100 Å². The molecular formula is C31H38BrN3O4S. The lowest BCUT2D eigenvalue weighted by atomic mass is 9.87. The van der Waals surface area contributed by atoms with Crippen molar-refractivity contribution in [3.8, 4) is 0 Å². The molecule has 3 rings (SSSR count). The number of carbonyl (C=O) groups is 2. The molecule has 0 radical (unpaired) electrons. The van der Waals surface area contributed by atoms with E-state index in [4.69, 9.17) is 0 Å². The summed E-state index contributed by atoms with van der Waals surface area (Å²) in [6, 6.07) is 23.3. The van der Waals surface area contributed by atoms with Gasteiger partial charge in [-0.15, -0.1) is 0 Å². The number of nitrogens with one attached hydrogen (secondary N) is 1. The minimum Gasteiger partial charge on any atom is -0.355 e. The Morgan fingerprint density at radius 2 is 1.55 bits per heavy atom. The molecule has 0 heterocycles. The molecule has 0 aromatic heterocycles. The van der Waals surface area contributed by atoms with Gasteiger partial charge in [0, 0.05) is 24.0 Å². The minimum atomic E-state index is -3.81. The summed E-state index contributed by atoms with van der Waals surface area (Å²) < 4.78 is 27.8. The zero-order chi connectivity index (χ0) is 29.5. The molecule has 1 atom stereocenters. The number of hydrogen-bond acceptors (Lipinski definition) is 4. The molecule has 0 bridgehead atoms. The Hall–Kier alpha value is -3.17. The van der Waals surface area contributed by atoms with Gasteiger partial charge in [0.15, 0.2) is 0 Å². The summed E-state index contributed by atoms with van der Waals surface area (Å²) in [6.07, 6.45) is 1.37. The van der Waals surface area contributed by atoms with Gasteiger partial charge in [-0.25, -0.2) is 8.42 Å². The second kappa shape index (κ2) is 13.5. The van der Waals surface area contributed by atoms with E-state index in [1.165, 1.54) is 4.90 Å². The Balaban J connectivity index is 2.03. The van der Waals surface area contributed by atoms with Crippen molar-refractivity contribution in [3.63, 3.8) is 0 Å². The molecule has 1 N–H and O–H groups in total. The van der Waals surface area contributed by atoms with E-state index >= 15 is 0 Å². The molecule has 3 aromatic rings. The predicted octanol–water partition coefficient (Wildman–Crippen LogP) is 5.29. The van der Waals surface area contributed by atoms with Crippen LogP contribution in [0.1, 0.15) is 44.4 Å². The predicted molar refractivity (Wildman–Crippen MR) is 165 cm³/mol. The number of hydrogen-bond donors (Lipinski definition) is 1. The lowest BCUT2D eigenvalue weighted by Crippen LogP contribution is -2.53. The van der Waals surface area contributed by atoms with Crippen LogP contribution in [0, 0.1) is 0 Å². The third-order valence-corrected chi connectivity index (χ3v) is 8.20. The van der Waals surface area contributed by atoms with Gasteiger partial charge in [-0.2, -0.15) is 0 Å². The van der Waals surface area contributed by atoms with Crippen LogP contribution in [0.3, 0.4) is 0 Å². The largest absolute Gasteiger partial charge is 0.355 e. The summed E-state index contributed by atoms with van der Waals surface area (Å²) in [5.41, 5.74) is 3.03. The highest BCUT2D eigenvalue weighted by atomic mass is 79.9. The van der Waals surface area contributed by atoms with E-state index in [1.54, 1.807) is 12.1 Å². The fourth-order valence-corrected chi connectivity index (χ4v) is 5.72. The highest BCUT2D eigenvalue weighted by Crippen LogP contribution is 2.26. The molecule has 0 aliphatic carbocycles. The van der Waals surface area contributed by atoms with Crippen molar-refractivity contribution < 1.29 is 18.0 Å². The van der Waals surface area contributed by atoms with Crippen molar-refractivity contribution in [2.75, 3.05) is 23.7 Å². The standard InChI is InChI=1S/C31H38BrN3O4S/c1-6-33-30(37)28(20-23-11-8-7-9-12-23)34(21-24-13-10-14-26(32)19-24)29(36)22-35(40(5,38)39)27-17-15-25(16-18-27)31(2,3)4/h7-19,28H,6,20-22H2,1-5H3,(H,33,37). The maximum Gasteiger partial charge on any atom is 0.244 e. The average molecular weight is 629 g/mol. The van der Waals surface area contributed by atoms with Gasteiger partial charge in [-0.3, -0.25) is 13.9 Å². The first kappa shape index (κ1) is 31.4.